The molecule has 1 aromatic rings. The fraction of sp³-hybridized carbons (Fsp3) is 0.500. The monoisotopic (exact) mass is 269 g/mol. The van der Waals surface area contributed by atoms with Gasteiger partial charge >= 0.3 is 5.97 Å². The summed E-state index contributed by atoms with van der Waals surface area (Å²) in [6.45, 7) is 4.57. The van der Waals surface area contributed by atoms with Gasteiger partial charge in [0, 0.05) is 6.42 Å². The van der Waals surface area contributed by atoms with Gasteiger partial charge in [-0.1, -0.05) is 6.92 Å². The van der Waals surface area contributed by atoms with Crippen LogP contribution in [0.1, 0.15) is 25.3 Å². The largest absolute Gasteiger partial charge is 0.494 e. The summed E-state index contributed by atoms with van der Waals surface area (Å²) in [4.78, 5) is 11.0. The first-order valence-electron chi connectivity index (χ1n) is 6.39. The molecule has 106 valence electrons. The van der Waals surface area contributed by atoms with Crippen LogP contribution in [0.5, 0.6) is 5.75 Å². The van der Waals surface area contributed by atoms with Crippen LogP contribution in [0.4, 0.5) is 4.39 Å². The summed E-state index contributed by atoms with van der Waals surface area (Å²) in [7, 11) is 0. The summed E-state index contributed by atoms with van der Waals surface area (Å²) in [5.74, 6) is -0.605. The first-order chi connectivity index (χ1) is 9.04. The highest BCUT2D eigenvalue weighted by atomic mass is 19.1. The molecule has 0 aromatic heterocycles. The molecule has 0 saturated heterocycles. The highest BCUT2D eigenvalue weighted by Crippen LogP contribution is 2.16. The van der Waals surface area contributed by atoms with Gasteiger partial charge in [0.25, 0.3) is 0 Å². The van der Waals surface area contributed by atoms with Crippen molar-refractivity contribution in [2.75, 3.05) is 13.2 Å². The first kappa shape index (κ1) is 15.4. The number of aryl methyl sites for hydroxylation is 1. The second kappa shape index (κ2) is 7.74. The molecule has 1 unspecified atom stereocenters. The Kier molecular flexibility index (Phi) is 6.29. The van der Waals surface area contributed by atoms with Crippen LogP contribution in [-0.2, 0) is 4.79 Å². The fourth-order valence-corrected chi connectivity index (χ4v) is 1.63. The number of ether oxygens (including phenoxy) is 1. The SMILES string of the molecule is CCCNC(CCOc1ccc(F)c(C)c1)C(=O)O. The highest BCUT2D eigenvalue weighted by Gasteiger charge is 2.15. The zero-order valence-corrected chi connectivity index (χ0v) is 11.3. The summed E-state index contributed by atoms with van der Waals surface area (Å²) >= 11 is 0. The molecule has 0 aliphatic rings. The second-order valence-electron chi connectivity index (χ2n) is 4.39. The Balaban J connectivity index is 2.42. The van der Waals surface area contributed by atoms with Crippen molar-refractivity contribution in [1.82, 2.24) is 5.32 Å². The minimum absolute atomic E-state index is 0.277. The van der Waals surface area contributed by atoms with Crippen molar-refractivity contribution >= 4 is 5.97 Å². The van der Waals surface area contributed by atoms with E-state index in [1.54, 1.807) is 13.0 Å². The van der Waals surface area contributed by atoms with Gasteiger partial charge in [-0.15, -0.1) is 0 Å². The number of carboxylic acid groups (broad SMARTS) is 1. The predicted octanol–water partition coefficient (Wildman–Crippen LogP) is 2.36. The summed E-state index contributed by atoms with van der Waals surface area (Å²) in [5, 5.41) is 11.9. The zero-order valence-electron chi connectivity index (χ0n) is 11.3. The molecule has 0 radical (unpaired) electrons. The van der Waals surface area contributed by atoms with E-state index in [-0.39, 0.29) is 12.4 Å². The Hall–Kier alpha value is -1.62. The number of hydrogen-bond donors (Lipinski definition) is 2. The second-order valence-corrected chi connectivity index (χ2v) is 4.39. The lowest BCUT2D eigenvalue weighted by molar-refractivity contribution is -0.139. The maximum Gasteiger partial charge on any atom is 0.320 e. The van der Waals surface area contributed by atoms with Crippen LogP contribution in [0, 0.1) is 12.7 Å². The van der Waals surface area contributed by atoms with Crippen LogP contribution >= 0.6 is 0 Å². The van der Waals surface area contributed by atoms with Crippen LogP contribution < -0.4 is 10.1 Å². The van der Waals surface area contributed by atoms with Gasteiger partial charge in [-0.3, -0.25) is 4.79 Å². The van der Waals surface area contributed by atoms with Crippen LogP contribution in [0.15, 0.2) is 18.2 Å². The minimum atomic E-state index is -0.882. The summed E-state index contributed by atoms with van der Waals surface area (Å²) in [6, 6.07) is 3.87. The minimum Gasteiger partial charge on any atom is -0.494 e. The van der Waals surface area contributed by atoms with Crippen molar-refractivity contribution in [3.05, 3.63) is 29.6 Å². The van der Waals surface area contributed by atoms with E-state index < -0.39 is 12.0 Å². The molecule has 1 aromatic carbocycles. The van der Waals surface area contributed by atoms with Crippen molar-refractivity contribution < 1.29 is 19.0 Å². The molecular formula is C14H20FNO3. The van der Waals surface area contributed by atoms with Gasteiger partial charge in [-0.25, -0.2) is 4.39 Å². The van der Waals surface area contributed by atoms with E-state index in [0.717, 1.165) is 6.42 Å². The maximum absolute atomic E-state index is 13.1. The number of rotatable bonds is 8. The van der Waals surface area contributed by atoms with Gasteiger partial charge in [0.2, 0.25) is 0 Å². The highest BCUT2D eigenvalue weighted by molar-refractivity contribution is 5.73. The van der Waals surface area contributed by atoms with Crippen molar-refractivity contribution in [1.29, 1.82) is 0 Å². The normalized spacial score (nSPS) is 12.2. The predicted molar refractivity (Wildman–Crippen MR) is 71.0 cm³/mol. The zero-order chi connectivity index (χ0) is 14.3. The molecule has 19 heavy (non-hydrogen) atoms. The van der Waals surface area contributed by atoms with Gasteiger partial charge in [-0.2, -0.15) is 0 Å². The molecule has 2 N–H and O–H groups in total. The third kappa shape index (κ3) is 5.26. The van der Waals surface area contributed by atoms with E-state index in [9.17, 15) is 9.18 Å². The summed E-state index contributed by atoms with van der Waals surface area (Å²) in [6.07, 6.45) is 1.24. The number of hydrogen-bond acceptors (Lipinski definition) is 3. The molecular weight excluding hydrogens is 249 g/mol. The molecule has 0 bridgehead atoms. The van der Waals surface area contributed by atoms with Gasteiger partial charge in [-0.05, 0) is 43.7 Å². The average Bonchev–Trinajstić information content (AvgIpc) is 2.37. The van der Waals surface area contributed by atoms with Gasteiger partial charge in [0.15, 0.2) is 0 Å². The molecule has 1 rings (SSSR count). The standard InChI is InChI=1S/C14H20FNO3/c1-3-7-16-13(14(17)18)6-8-19-11-4-5-12(15)10(2)9-11/h4-5,9,13,16H,3,6-8H2,1-2H3,(H,17,18). The van der Waals surface area contributed by atoms with E-state index in [0.29, 0.717) is 24.3 Å². The molecule has 1 atom stereocenters. The van der Waals surface area contributed by atoms with Crippen molar-refractivity contribution in [2.24, 2.45) is 0 Å². The van der Waals surface area contributed by atoms with Crippen LogP contribution in [-0.4, -0.2) is 30.3 Å². The van der Waals surface area contributed by atoms with Crippen LogP contribution in [0.3, 0.4) is 0 Å². The van der Waals surface area contributed by atoms with E-state index in [1.165, 1.54) is 12.1 Å². The number of aliphatic carboxylic acids is 1. The Labute approximate surface area is 112 Å². The molecule has 0 saturated carbocycles. The van der Waals surface area contributed by atoms with Gasteiger partial charge in [0.05, 0.1) is 6.61 Å². The summed E-state index contributed by atoms with van der Waals surface area (Å²) < 4.78 is 18.5. The number of nitrogens with one attached hydrogen (secondary N) is 1. The number of carbonyl (C=O) groups is 1. The first-order valence-corrected chi connectivity index (χ1v) is 6.39. The average molecular weight is 269 g/mol. The van der Waals surface area contributed by atoms with Crippen molar-refractivity contribution in [3.8, 4) is 5.75 Å². The molecule has 5 heteroatoms. The molecule has 0 heterocycles. The lowest BCUT2D eigenvalue weighted by Crippen LogP contribution is -2.38. The number of carboxylic acids is 1. The van der Waals surface area contributed by atoms with Crippen molar-refractivity contribution in [2.45, 2.75) is 32.7 Å². The van der Waals surface area contributed by atoms with Gasteiger partial charge in [0.1, 0.15) is 17.6 Å². The number of benzene rings is 1. The van der Waals surface area contributed by atoms with E-state index in [1.807, 2.05) is 6.92 Å². The van der Waals surface area contributed by atoms with Crippen LogP contribution in [0.25, 0.3) is 0 Å². The van der Waals surface area contributed by atoms with Crippen LogP contribution in [0.2, 0.25) is 0 Å². The summed E-state index contributed by atoms with van der Waals surface area (Å²) in [5.41, 5.74) is 0.511. The lowest BCUT2D eigenvalue weighted by atomic mass is 10.2. The third-order valence-electron chi connectivity index (χ3n) is 2.74. The van der Waals surface area contributed by atoms with Gasteiger partial charge < -0.3 is 15.2 Å². The molecule has 0 amide bonds. The quantitative estimate of drug-likeness (QED) is 0.760. The Morgan fingerprint density at radius 2 is 2.26 bits per heavy atom. The van der Waals surface area contributed by atoms with E-state index in [2.05, 4.69) is 5.32 Å². The third-order valence-corrected chi connectivity index (χ3v) is 2.74. The smallest absolute Gasteiger partial charge is 0.320 e. The van der Waals surface area contributed by atoms with E-state index in [4.69, 9.17) is 9.84 Å². The van der Waals surface area contributed by atoms with Crippen molar-refractivity contribution in [3.63, 3.8) is 0 Å². The Bertz CT molecular complexity index is 423. The molecule has 0 aliphatic carbocycles. The topological polar surface area (TPSA) is 58.6 Å². The lowest BCUT2D eigenvalue weighted by Gasteiger charge is -2.14. The molecule has 0 fully saturated rings. The Morgan fingerprint density at radius 1 is 1.53 bits per heavy atom. The molecule has 4 nitrogen and oxygen atoms in total. The molecule has 0 aliphatic heterocycles. The van der Waals surface area contributed by atoms with E-state index >= 15 is 0 Å². The number of halogens is 1. The maximum atomic E-state index is 13.1. The molecule has 0 spiro atoms. The fourth-order valence-electron chi connectivity index (χ4n) is 1.63. The Morgan fingerprint density at radius 3 is 2.84 bits per heavy atom.